The highest BCUT2D eigenvalue weighted by atomic mass is 79.9. The molecular weight excluding hydrogens is 228 g/mol. The average molecular weight is 239 g/mol. The SMILES string of the molecule is C#CCC(C)Nc1ncccc1Br. The van der Waals surface area contributed by atoms with Gasteiger partial charge in [0.15, 0.2) is 0 Å². The fraction of sp³-hybridized carbons (Fsp3) is 0.300. The number of terminal acetylenes is 1. The van der Waals surface area contributed by atoms with Crippen LogP contribution in [0, 0.1) is 12.3 Å². The first-order valence-electron chi connectivity index (χ1n) is 4.04. The lowest BCUT2D eigenvalue weighted by atomic mass is 10.2. The van der Waals surface area contributed by atoms with Crippen molar-refractivity contribution in [3.05, 3.63) is 22.8 Å². The van der Waals surface area contributed by atoms with E-state index in [0.717, 1.165) is 10.3 Å². The molecule has 0 saturated heterocycles. The van der Waals surface area contributed by atoms with Crippen molar-refractivity contribution < 1.29 is 0 Å². The van der Waals surface area contributed by atoms with Crippen molar-refractivity contribution in [2.24, 2.45) is 0 Å². The molecule has 1 rings (SSSR count). The van der Waals surface area contributed by atoms with Crippen LogP contribution in [-0.2, 0) is 0 Å². The van der Waals surface area contributed by atoms with Gasteiger partial charge in [0.25, 0.3) is 0 Å². The van der Waals surface area contributed by atoms with E-state index >= 15 is 0 Å². The lowest BCUT2D eigenvalue weighted by Crippen LogP contribution is -2.15. The van der Waals surface area contributed by atoms with Gasteiger partial charge in [-0.3, -0.25) is 0 Å². The summed E-state index contributed by atoms with van der Waals surface area (Å²) >= 11 is 3.40. The summed E-state index contributed by atoms with van der Waals surface area (Å²) in [6.45, 7) is 2.03. The van der Waals surface area contributed by atoms with Gasteiger partial charge in [-0.15, -0.1) is 12.3 Å². The number of halogens is 1. The summed E-state index contributed by atoms with van der Waals surface area (Å²) in [6, 6.07) is 4.06. The number of anilines is 1. The highest BCUT2D eigenvalue weighted by Crippen LogP contribution is 2.19. The van der Waals surface area contributed by atoms with E-state index < -0.39 is 0 Å². The van der Waals surface area contributed by atoms with E-state index in [4.69, 9.17) is 6.42 Å². The second kappa shape index (κ2) is 4.88. The predicted octanol–water partition coefficient (Wildman–Crippen LogP) is 2.67. The van der Waals surface area contributed by atoms with Crippen LogP contribution in [0.3, 0.4) is 0 Å². The first-order chi connectivity index (χ1) is 6.24. The van der Waals surface area contributed by atoms with Crippen molar-refractivity contribution in [2.45, 2.75) is 19.4 Å². The third-order valence-electron chi connectivity index (χ3n) is 1.57. The Labute approximate surface area is 86.9 Å². The van der Waals surface area contributed by atoms with Gasteiger partial charge in [0.05, 0.1) is 4.47 Å². The van der Waals surface area contributed by atoms with Crippen molar-refractivity contribution in [3.8, 4) is 12.3 Å². The number of hydrogen-bond donors (Lipinski definition) is 1. The molecule has 1 unspecified atom stereocenters. The van der Waals surface area contributed by atoms with Crippen LogP contribution >= 0.6 is 15.9 Å². The molecule has 1 atom stereocenters. The molecule has 0 amide bonds. The van der Waals surface area contributed by atoms with E-state index in [1.54, 1.807) is 6.20 Å². The third kappa shape index (κ3) is 3.08. The number of nitrogens with one attached hydrogen (secondary N) is 1. The minimum absolute atomic E-state index is 0.246. The summed E-state index contributed by atoms with van der Waals surface area (Å²) in [6.07, 6.45) is 7.64. The Kier molecular flexibility index (Phi) is 3.78. The predicted molar refractivity (Wildman–Crippen MR) is 58.5 cm³/mol. The van der Waals surface area contributed by atoms with Gasteiger partial charge in [-0.1, -0.05) is 0 Å². The van der Waals surface area contributed by atoms with Crippen molar-refractivity contribution in [3.63, 3.8) is 0 Å². The molecule has 1 aromatic heterocycles. The number of nitrogens with zero attached hydrogens (tertiary/aromatic N) is 1. The lowest BCUT2D eigenvalue weighted by Gasteiger charge is -2.12. The molecule has 0 spiro atoms. The smallest absolute Gasteiger partial charge is 0.140 e. The Morgan fingerprint density at radius 3 is 3.15 bits per heavy atom. The van der Waals surface area contributed by atoms with Crippen molar-refractivity contribution in [1.29, 1.82) is 0 Å². The summed E-state index contributed by atoms with van der Waals surface area (Å²) in [4.78, 5) is 4.17. The molecule has 0 fully saturated rings. The van der Waals surface area contributed by atoms with Gasteiger partial charge in [-0.05, 0) is 35.0 Å². The number of pyridine rings is 1. The molecule has 2 nitrogen and oxygen atoms in total. The van der Waals surface area contributed by atoms with Gasteiger partial charge in [0.2, 0.25) is 0 Å². The Bertz CT molecular complexity index is 317. The molecule has 13 heavy (non-hydrogen) atoms. The first-order valence-corrected chi connectivity index (χ1v) is 4.84. The van der Waals surface area contributed by atoms with Crippen LogP contribution in [0.4, 0.5) is 5.82 Å². The lowest BCUT2D eigenvalue weighted by molar-refractivity contribution is 0.820. The van der Waals surface area contributed by atoms with Gasteiger partial charge in [0, 0.05) is 18.7 Å². The number of hydrogen-bond acceptors (Lipinski definition) is 2. The van der Waals surface area contributed by atoms with Crippen LogP contribution in [-0.4, -0.2) is 11.0 Å². The maximum Gasteiger partial charge on any atom is 0.140 e. The van der Waals surface area contributed by atoms with Gasteiger partial charge in [-0.25, -0.2) is 4.98 Å². The van der Waals surface area contributed by atoms with Gasteiger partial charge in [0.1, 0.15) is 5.82 Å². The molecule has 0 aromatic carbocycles. The summed E-state index contributed by atoms with van der Waals surface area (Å²) in [5.41, 5.74) is 0. The second-order valence-corrected chi connectivity index (χ2v) is 3.64. The molecule has 68 valence electrons. The molecule has 0 saturated carbocycles. The zero-order valence-electron chi connectivity index (χ0n) is 7.42. The zero-order valence-corrected chi connectivity index (χ0v) is 9.01. The van der Waals surface area contributed by atoms with Gasteiger partial charge in [-0.2, -0.15) is 0 Å². The Hall–Kier alpha value is -1.01. The third-order valence-corrected chi connectivity index (χ3v) is 2.21. The van der Waals surface area contributed by atoms with E-state index in [1.165, 1.54) is 0 Å². The van der Waals surface area contributed by atoms with Crippen molar-refractivity contribution in [2.75, 3.05) is 5.32 Å². The summed E-state index contributed by atoms with van der Waals surface area (Å²) in [7, 11) is 0. The molecule has 0 aliphatic carbocycles. The summed E-state index contributed by atoms with van der Waals surface area (Å²) in [5, 5.41) is 3.21. The topological polar surface area (TPSA) is 24.9 Å². The van der Waals surface area contributed by atoms with E-state index in [9.17, 15) is 0 Å². The number of rotatable bonds is 3. The van der Waals surface area contributed by atoms with Crippen LogP contribution in [0.5, 0.6) is 0 Å². The van der Waals surface area contributed by atoms with E-state index in [2.05, 4.69) is 32.2 Å². The molecule has 1 aromatic rings. The van der Waals surface area contributed by atoms with Crippen molar-refractivity contribution in [1.82, 2.24) is 4.98 Å². The molecule has 0 aliphatic heterocycles. The summed E-state index contributed by atoms with van der Waals surface area (Å²) < 4.78 is 0.957. The van der Waals surface area contributed by atoms with Crippen LogP contribution in [0.2, 0.25) is 0 Å². The normalized spacial score (nSPS) is 11.8. The minimum Gasteiger partial charge on any atom is -0.366 e. The van der Waals surface area contributed by atoms with Gasteiger partial charge >= 0.3 is 0 Å². The zero-order chi connectivity index (χ0) is 9.68. The molecule has 0 bridgehead atoms. The quantitative estimate of drug-likeness (QED) is 0.820. The Morgan fingerprint density at radius 2 is 2.54 bits per heavy atom. The average Bonchev–Trinajstić information content (AvgIpc) is 2.09. The number of aromatic nitrogens is 1. The fourth-order valence-electron chi connectivity index (χ4n) is 0.953. The molecule has 0 aliphatic rings. The highest BCUT2D eigenvalue weighted by Gasteiger charge is 2.03. The van der Waals surface area contributed by atoms with Gasteiger partial charge < -0.3 is 5.32 Å². The minimum atomic E-state index is 0.246. The largest absolute Gasteiger partial charge is 0.366 e. The van der Waals surface area contributed by atoms with Crippen LogP contribution in [0.15, 0.2) is 22.8 Å². The van der Waals surface area contributed by atoms with Crippen LogP contribution in [0.25, 0.3) is 0 Å². The summed E-state index contributed by atoms with van der Waals surface area (Å²) in [5.74, 6) is 3.44. The molecular formula is C10H11BrN2. The molecule has 1 N–H and O–H groups in total. The van der Waals surface area contributed by atoms with E-state index in [1.807, 2.05) is 19.1 Å². The monoisotopic (exact) mass is 238 g/mol. The standard InChI is InChI=1S/C10H11BrN2/c1-3-5-8(2)13-10-9(11)6-4-7-12-10/h1,4,6-8H,5H2,2H3,(H,12,13). The van der Waals surface area contributed by atoms with Crippen molar-refractivity contribution >= 4 is 21.7 Å². The Morgan fingerprint density at radius 1 is 1.77 bits per heavy atom. The van der Waals surface area contributed by atoms with E-state index in [-0.39, 0.29) is 6.04 Å². The fourth-order valence-corrected chi connectivity index (χ4v) is 1.32. The second-order valence-electron chi connectivity index (χ2n) is 2.79. The maximum atomic E-state index is 5.20. The Balaban J connectivity index is 2.64. The molecule has 3 heteroatoms. The first kappa shape index (κ1) is 10.1. The highest BCUT2D eigenvalue weighted by molar-refractivity contribution is 9.10. The van der Waals surface area contributed by atoms with E-state index in [0.29, 0.717) is 6.42 Å². The van der Waals surface area contributed by atoms with Crippen LogP contribution < -0.4 is 5.32 Å². The maximum absolute atomic E-state index is 5.20. The molecule has 1 heterocycles. The van der Waals surface area contributed by atoms with Crippen LogP contribution in [0.1, 0.15) is 13.3 Å². The molecule has 0 radical (unpaired) electrons.